The normalized spacial score (nSPS) is 16.2. The first-order valence-electron chi connectivity index (χ1n) is 11.7. The monoisotopic (exact) mass is 438 g/mol. The summed E-state index contributed by atoms with van der Waals surface area (Å²) < 4.78 is 6.06. The summed E-state index contributed by atoms with van der Waals surface area (Å²) in [6.07, 6.45) is 0. The van der Waals surface area contributed by atoms with Crippen molar-refractivity contribution < 1.29 is 4.42 Å². The lowest BCUT2D eigenvalue weighted by Crippen LogP contribution is -2.48. The minimum absolute atomic E-state index is 0.0887. The Morgan fingerprint density at radius 1 is 0.697 bits per heavy atom. The van der Waals surface area contributed by atoms with Crippen molar-refractivity contribution in [2.24, 2.45) is 0 Å². The molecule has 168 valence electrons. The van der Waals surface area contributed by atoms with E-state index < -0.39 is 0 Å². The van der Waals surface area contributed by atoms with Crippen molar-refractivity contribution in [3.8, 4) is 11.5 Å². The fraction of sp³-hybridized carbons (Fsp3) is 0.286. The van der Waals surface area contributed by atoms with Crippen LogP contribution in [0.5, 0.6) is 0 Å². The lowest BCUT2D eigenvalue weighted by atomic mass is 9.96. The van der Waals surface area contributed by atoms with Gasteiger partial charge in [0, 0.05) is 31.7 Å². The van der Waals surface area contributed by atoms with Gasteiger partial charge in [0.15, 0.2) is 0 Å². The van der Waals surface area contributed by atoms with Crippen LogP contribution in [0.3, 0.4) is 0 Å². The Kier molecular flexibility index (Phi) is 6.33. The average molecular weight is 439 g/mol. The second-order valence-corrected chi connectivity index (χ2v) is 8.78. The zero-order chi connectivity index (χ0) is 22.6. The molecule has 0 saturated carbocycles. The van der Waals surface area contributed by atoms with Gasteiger partial charge in [-0.15, -0.1) is 10.2 Å². The van der Waals surface area contributed by atoms with E-state index in [4.69, 9.17) is 4.42 Å². The van der Waals surface area contributed by atoms with Crippen LogP contribution in [0.25, 0.3) is 11.5 Å². The van der Waals surface area contributed by atoms with Crippen molar-refractivity contribution >= 4 is 0 Å². The van der Waals surface area contributed by atoms with Crippen LogP contribution in [0.15, 0.2) is 89.3 Å². The van der Waals surface area contributed by atoms with Gasteiger partial charge in [-0.1, -0.05) is 78.4 Å². The van der Waals surface area contributed by atoms with Crippen molar-refractivity contribution in [2.45, 2.75) is 25.9 Å². The third kappa shape index (κ3) is 4.75. The predicted molar refractivity (Wildman–Crippen MR) is 131 cm³/mol. The molecule has 2 heterocycles. The first kappa shape index (κ1) is 21.6. The first-order chi connectivity index (χ1) is 16.2. The zero-order valence-corrected chi connectivity index (χ0v) is 19.3. The smallest absolute Gasteiger partial charge is 0.247 e. The van der Waals surface area contributed by atoms with E-state index in [1.807, 2.05) is 12.1 Å². The van der Waals surface area contributed by atoms with E-state index in [2.05, 4.69) is 107 Å². The summed E-state index contributed by atoms with van der Waals surface area (Å²) >= 11 is 0. The van der Waals surface area contributed by atoms with Crippen LogP contribution < -0.4 is 0 Å². The number of nitrogens with zero attached hydrogens (tertiary/aromatic N) is 4. The van der Waals surface area contributed by atoms with Crippen molar-refractivity contribution in [3.05, 3.63) is 108 Å². The van der Waals surface area contributed by atoms with Gasteiger partial charge in [0.25, 0.3) is 0 Å². The molecule has 1 aliphatic heterocycles. The van der Waals surface area contributed by atoms with E-state index >= 15 is 0 Å². The Morgan fingerprint density at radius 2 is 1.24 bits per heavy atom. The summed E-state index contributed by atoms with van der Waals surface area (Å²) in [6, 6.07) is 30.2. The van der Waals surface area contributed by atoms with Crippen molar-refractivity contribution in [1.29, 1.82) is 0 Å². The molecule has 5 nitrogen and oxygen atoms in total. The highest BCUT2D eigenvalue weighted by Gasteiger charge is 2.30. The number of aromatic nitrogens is 2. The molecule has 33 heavy (non-hydrogen) atoms. The third-order valence-corrected chi connectivity index (χ3v) is 6.59. The van der Waals surface area contributed by atoms with Crippen LogP contribution in [-0.4, -0.2) is 46.2 Å². The molecule has 1 atom stereocenters. The van der Waals surface area contributed by atoms with Crippen LogP contribution in [0.2, 0.25) is 0 Å². The second-order valence-electron chi connectivity index (χ2n) is 8.78. The molecule has 0 bridgehead atoms. The molecular formula is C28H30N4O. The Morgan fingerprint density at radius 3 is 1.82 bits per heavy atom. The minimum atomic E-state index is 0.0887. The molecule has 4 aromatic rings. The van der Waals surface area contributed by atoms with E-state index in [1.165, 1.54) is 16.7 Å². The molecule has 0 aliphatic carbocycles. The van der Waals surface area contributed by atoms with Crippen molar-refractivity contribution in [2.75, 3.05) is 26.2 Å². The molecule has 0 spiro atoms. The van der Waals surface area contributed by atoms with Crippen LogP contribution in [-0.2, 0) is 0 Å². The summed E-state index contributed by atoms with van der Waals surface area (Å²) in [5, 5.41) is 8.67. The van der Waals surface area contributed by atoms with E-state index in [-0.39, 0.29) is 12.1 Å². The number of aryl methyl sites for hydroxylation is 1. The van der Waals surface area contributed by atoms with Gasteiger partial charge in [-0.05, 0) is 37.1 Å². The Balaban J connectivity index is 1.28. The summed E-state index contributed by atoms with van der Waals surface area (Å²) in [7, 11) is 0. The maximum Gasteiger partial charge on any atom is 0.247 e. The second kappa shape index (κ2) is 9.69. The summed E-state index contributed by atoms with van der Waals surface area (Å²) in [6.45, 7) is 8.12. The molecule has 0 amide bonds. The van der Waals surface area contributed by atoms with E-state index in [9.17, 15) is 0 Å². The Bertz CT molecular complexity index is 1110. The number of hydrogen-bond donors (Lipinski definition) is 0. The molecule has 5 rings (SSSR count). The van der Waals surface area contributed by atoms with Gasteiger partial charge in [0.05, 0.1) is 12.1 Å². The minimum Gasteiger partial charge on any atom is -0.419 e. The molecule has 1 aromatic heterocycles. The molecule has 1 saturated heterocycles. The summed E-state index contributed by atoms with van der Waals surface area (Å²) in [5.41, 5.74) is 4.86. The summed E-state index contributed by atoms with van der Waals surface area (Å²) in [4.78, 5) is 5.02. The summed E-state index contributed by atoms with van der Waals surface area (Å²) in [5.74, 6) is 1.27. The number of hydrogen-bond acceptors (Lipinski definition) is 5. The largest absolute Gasteiger partial charge is 0.419 e. The highest BCUT2D eigenvalue weighted by atomic mass is 16.4. The Labute approximate surface area is 195 Å². The Hall–Kier alpha value is -3.28. The van der Waals surface area contributed by atoms with Gasteiger partial charge in [-0.3, -0.25) is 9.80 Å². The highest BCUT2D eigenvalue weighted by molar-refractivity contribution is 5.52. The average Bonchev–Trinajstić information content (AvgIpc) is 3.36. The molecule has 0 radical (unpaired) electrons. The number of rotatable bonds is 6. The SMILES string of the molecule is Cc1ccc(-c2nnc([C@H](C)N3CCN(C(c4ccccc4)c4ccccc4)CC3)o2)cc1. The molecule has 1 aliphatic rings. The first-order valence-corrected chi connectivity index (χ1v) is 11.7. The molecule has 0 unspecified atom stereocenters. The maximum absolute atomic E-state index is 6.06. The van der Waals surface area contributed by atoms with Gasteiger partial charge in [-0.2, -0.15) is 0 Å². The van der Waals surface area contributed by atoms with Crippen LogP contribution in [0.4, 0.5) is 0 Å². The van der Waals surface area contributed by atoms with Gasteiger partial charge in [0.2, 0.25) is 11.8 Å². The fourth-order valence-electron chi connectivity index (χ4n) is 4.64. The van der Waals surface area contributed by atoms with Gasteiger partial charge in [0.1, 0.15) is 0 Å². The molecule has 0 N–H and O–H groups in total. The molecule has 1 fully saturated rings. The lowest BCUT2D eigenvalue weighted by Gasteiger charge is -2.41. The van der Waals surface area contributed by atoms with Crippen LogP contribution >= 0.6 is 0 Å². The van der Waals surface area contributed by atoms with E-state index in [1.54, 1.807) is 0 Å². The number of benzene rings is 3. The third-order valence-electron chi connectivity index (χ3n) is 6.59. The van der Waals surface area contributed by atoms with Gasteiger partial charge < -0.3 is 4.42 Å². The quantitative estimate of drug-likeness (QED) is 0.397. The van der Waals surface area contributed by atoms with Crippen LogP contribution in [0, 0.1) is 6.92 Å². The zero-order valence-electron chi connectivity index (χ0n) is 19.3. The van der Waals surface area contributed by atoms with Gasteiger partial charge >= 0.3 is 0 Å². The predicted octanol–water partition coefficient (Wildman–Crippen LogP) is 5.51. The molecule has 3 aromatic carbocycles. The highest BCUT2D eigenvalue weighted by Crippen LogP contribution is 2.31. The van der Waals surface area contributed by atoms with E-state index in [0.29, 0.717) is 11.8 Å². The van der Waals surface area contributed by atoms with Crippen LogP contribution in [0.1, 0.15) is 41.6 Å². The standard InChI is InChI=1S/C28H30N4O/c1-21-13-15-25(16-14-21)28-30-29-27(33-28)22(2)31-17-19-32(20-18-31)26(23-9-5-3-6-10-23)24-11-7-4-8-12-24/h3-16,22,26H,17-20H2,1-2H3/t22-/m0/s1. The molecular weight excluding hydrogens is 408 g/mol. The number of piperazine rings is 1. The van der Waals surface area contributed by atoms with Gasteiger partial charge in [-0.25, -0.2) is 0 Å². The topological polar surface area (TPSA) is 45.4 Å². The molecule has 5 heteroatoms. The lowest BCUT2D eigenvalue weighted by molar-refractivity contribution is 0.0751. The van der Waals surface area contributed by atoms with E-state index in [0.717, 1.165) is 31.7 Å². The van der Waals surface area contributed by atoms with Crippen molar-refractivity contribution in [1.82, 2.24) is 20.0 Å². The maximum atomic E-state index is 6.06. The fourth-order valence-corrected chi connectivity index (χ4v) is 4.64. The van der Waals surface area contributed by atoms with Crippen molar-refractivity contribution in [3.63, 3.8) is 0 Å².